The molecule has 1 atom stereocenters. The van der Waals surface area contributed by atoms with Gasteiger partial charge in [-0.1, -0.05) is 6.42 Å². The van der Waals surface area contributed by atoms with Gasteiger partial charge in [-0.25, -0.2) is 0 Å². The maximum Gasteiger partial charge on any atom is 0.240 e. The van der Waals surface area contributed by atoms with Crippen molar-refractivity contribution >= 4 is 11.8 Å². The first kappa shape index (κ1) is 14.3. The molecule has 1 saturated heterocycles. The molecule has 5 nitrogen and oxygen atoms in total. The number of carbonyl (C=O) groups excluding carboxylic acids is 2. The second kappa shape index (κ2) is 6.37. The van der Waals surface area contributed by atoms with E-state index in [2.05, 4.69) is 10.6 Å². The first-order valence-corrected chi connectivity index (χ1v) is 7.38. The molecule has 0 aromatic heterocycles. The minimum absolute atomic E-state index is 0.0497. The summed E-state index contributed by atoms with van der Waals surface area (Å²) < 4.78 is 0. The quantitative estimate of drug-likeness (QED) is 0.762. The predicted octanol–water partition coefficient (Wildman–Crippen LogP) is 0.502. The van der Waals surface area contributed by atoms with Crippen LogP contribution in [0.25, 0.3) is 0 Å². The van der Waals surface area contributed by atoms with Gasteiger partial charge in [0.2, 0.25) is 11.8 Å². The highest BCUT2D eigenvalue weighted by Gasteiger charge is 2.32. The monoisotopic (exact) mass is 267 g/mol. The summed E-state index contributed by atoms with van der Waals surface area (Å²) in [7, 11) is 0. The zero-order chi connectivity index (χ0) is 13.8. The number of hydrogen-bond acceptors (Lipinski definition) is 3. The Labute approximate surface area is 115 Å². The average molecular weight is 267 g/mol. The van der Waals surface area contributed by atoms with Crippen molar-refractivity contribution in [3.05, 3.63) is 0 Å². The first-order chi connectivity index (χ1) is 9.06. The van der Waals surface area contributed by atoms with Crippen LogP contribution in [0.2, 0.25) is 0 Å². The van der Waals surface area contributed by atoms with E-state index in [1.807, 2.05) is 18.7 Å². The molecule has 2 aliphatic rings. The van der Waals surface area contributed by atoms with E-state index < -0.39 is 0 Å². The summed E-state index contributed by atoms with van der Waals surface area (Å²) in [6.07, 6.45) is 4.04. The predicted molar refractivity (Wildman–Crippen MR) is 73.6 cm³/mol. The summed E-state index contributed by atoms with van der Waals surface area (Å²) in [5, 5.41) is 6.00. The lowest BCUT2D eigenvalue weighted by Crippen LogP contribution is -2.57. The van der Waals surface area contributed by atoms with Crippen molar-refractivity contribution in [2.75, 3.05) is 19.6 Å². The molecule has 2 amide bonds. The van der Waals surface area contributed by atoms with Gasteiger partial charge in [-0.15, -0.1) is 0 Å². The molecule has 0 aromatic rings. The van der Waals surface area contributed by atoms with Crippen LogP contribution in [0.5, 0.6) is 0 Å². The molecular formula is C14H25N3O2. The van der Waals surface area contributed by atoms with Crippen molar-refractivity contribution in [2.45, 2.75) is 51.6 Å². The Kier molecular flexibility index (Phi) is 4.80. The summed E-state index contributed by atoms with van der Waals surface area (Å²) in [6, 6.07) is -0.218. The Morgan fingerprint density at radius 1 is 1.47 bits per heavy atom. The van der Waals surface area contributed by atoms with Gasteiger partial charge in [-0.3, -0.25) is 9.59 Å². The number of nitrogens with one attached hydrogen (secondary N) is 2. The second-order valence-electron chi connectivity index (χ2n) is 6.01. The van der Waals surface area contributed by atoms with E-state index in [9.17, 15) is 9.59 Å². The summed E-state index contributed by atoms with van der Waals surface area (Å²) in [5.74, 6) is 0.732. The topological polar surface area (TPSA) is 61.4 Å². The van der Waals surface area contributed by atoms with E-state index in [-0.39, 0.29) is 30.3 Å². The molecule has 2 rings (SSSR count). The van der Waals surface area contributed by atoms with E-state index in [0.29, 0.717) is 5.92 Å². The lowest BCUT2D eigenvalue weighted by molar-refractivity contribution is -0.139. The summed E-state index contributed by atoms with van der Waals surface area (Å²) in [6.45, 7) is 6.30. The molecule has 1 aliphatic carbocycles. The van der Waals surface area contributed by atoms with Crippen LogP contribution in [-0.4, -0.2) is 48.4 Å². The normalized spacial score (nSPS) is 24.5. The van der Waals surface area contributed by atoms with E-state index >= 15 is 0 Å². The van der Waals surface area contributed by atoms with Crippen LogP contribution >= 0.6 is 0 Å². The fourth-order valence-corrected chi connectivity index (χ4v) is 2.69. The van der Waals surface area contributed by atoms with Gasteiger partial charge >= 0.3 is 0 Å². The average Bonchev–Trinajstić information content (AvgIpc) is 2.26. The highest BCUT2D eigenvalue weighted by molar-refractivity contribution is 5.89. The molecule has 0 aromatic carbocycles. The van der Waals surface area contributed by atoms with Gasteiger partial charge in [-0.2, -0.15) is 0 Å². The number of amides is 2. The van der Waals surface area contributed by atoms with Gasteiger partial charge < -0.3 is 15.5 Å². The van der Waals surface area contributed by atoms with Crippen LogP contribution in [0.4, 0.5) is 0 Å². The molecule has 1 aliphatic heterocycles. The van der Waals surface area contributed by atoms with Crippen LogP contribution in [0.15, 0.2) is 0 Å². The van der Waals surface area contributed by atoms with Gasteiger partial charge in [0, 0.05) is 25.7 Å². The maximum atomic E-state index is 12.3. The highest BCUT2D eigenvalue weighted by Crippen LogP contribution is 2.27. The smallest absolute Gasteiger partial charge is 0.240 e. The molecule has 5 heteroatoms. The summed E-state index contributed by atoms with van der Waals surface area (Å²) >= 11 is 0. The third-order valence-electron chi connectivity index (χ3n) is 3.92. The van der Waals surface area contributed by atoms with Crippen molar-refractivity contribution < 1.29 is 9.59 Å². The molecule has 0 radical (unpaired) electrons. The Morgan fingerprint density at radius 3 is 2.79 bits per heavy atom. The van der Waals surface area contributed by atoms with Crippen LogP contribution in [-0.2, 0) is 9.59 Å². The standard InChI is InChI=1S/C14H25N3O2/c1-10(2)16-13(18)8-12-14(19)17(7-6-15-12)9-11-4-3-5-11/h10-12,15H,3-9H2,1-2H3,(H,16,18). The fourth-order valence-electron chi connectivity index (χ4n) is 2.69. The van der Waals surface area contributed by atoms with E-state index in [0.717, 1.165) is 19.6 Å². The minimum atomic E-state index is -0.340. The first-order valence-electron chi connectivity index (χ1n) is 7.38. The van der Waals surface area contributed by atoms with E-state index in [1.165, 1.54) is 19.3 Å². The molecule has 108 valence electrons. The zero-order valence-corrected chi connectivity index (χ0v) is 11.9. The van der Waals surface area contributed by atoms with Crippen molar-refractivity contribution in [2.24, 2.45) is 5.92 Å². The van der Waals surface area contributed by atoms with Crippen LogP contribution in [0.3, 0.4) is 0 Å². The highest BCUT2D eigenvalue weighted by atomic mass is 16.2. The third-order valence-corrected chi connectivity index (χ3v) is 3.92. The number of nitrogens with zero attached hydrogens (tertiary/aromatic N) is 1. The molecule has 19 heavy (non-hydrogen) atoms. The Balaban J connectivity index is 1.82. The zero-order valence-electron chi connectivity index (χ0n) is 11.9. The molecule has 1 unspecified atom stereocenters. The number of rotatable bonds is 5. The third kappa shape index (κ3) is 3.93. The lowest BCUT2D eigenvalue weighted by atomic mass is 9.85. The SMILES string of the molecule is CC(C)NC(=O)CC1NCCN(CC2CCC2)C1=O. The van der Waals surface area contributed by atoms with E-state index in [1.54, 1.807) is 0 Å². The van der Waals surface area contributed by atoms with Crippen molar-refractivity contribution in [3.8, 4) is 0 Å². The maximum absolute atomic E-state index is 12.3. The minimum Gasteiger partial charge on any atom is -0.354 e. The molecule has 0 spiro atoms. The summed E-state index contributed by atoms with van der Waals surface area (Å²) in [5.41, 5.74) is 0. The Morgan fingerprint density at radius 2 is 2.21 bits per heavy atom. The van der Waals surface area contributed by atoms with Crippen molar-refractivity contribution in [1.29, 1.82) is 0 Å². The number of piperazine rings is 1. The van der Waals surface area contributed by atoms with Crippen molar-refractivity contribution in [1.82, 2.24) is 15.5 Å². The molecule has 0 bridgehead atoms. The van der Waals surface area contributed by atoms with Gasteiger partial charge in [0.1, 0.15) is 0 Å². The molecule has 1 saturated carbocycles. The van der Waals surface area contributed by atoms with Gasteiger partial charge in [-0.05, 0) is 32.6 Å². The molecule has 1 heterocycles. The number of carbonyl (C=O) groups is 2. The van der Waals surface area contributed by atoms with Crippen LogP contribution in [0.1, 0.15) is 39.5 Å². The second-order valence-corrected chi connectivity index (χ2v) is 6.01. The number of hydrogen-bond donors (Lipinski definition) is 2. The fraction of sp³-hybridized carbons (Fsp3) is 0.857. The van der Waals surface area contributed by atoms with Crippen LogP contribution in [0, 0.1) is 5.92 Å². The van der Waals surface area contributed by atoms with Crippen LogP contribution < -0.4 is 10.6 Å². The van der Waals surface area contributed by atoms with Crippen molar-refractivity contribution in [3.63, 3.8) is 0 Å². The lowest BCUT2D eigenvalue weighted by Gasteiger charge is -2.37. The molecular weight excluding hydrogens is 242 g/mol. The van der Waals surface area contributed by atoms with Gasteiger partial charge in [0.25, 0.3) is 0 Å². The Bertz CT molecular complexity index is 340. The Hall–Kier alpha value is -1.10. The van der Waals surface area contributed by atoms with Gasteiger partial charge in [0.15, 0.2) is 0 Å². The molecule has 2 fully saturated rings. The van der Waals surface area contributed by atoms with Gasteiger partial charge in [0.05, 0.1) is 12.5 Å². The molecule has 2 N–H and O–H groups in total. The van der Waals surface area contributed by atoms with E-state index in [4.69, 9.17) is 0 Å². The summed E-state index contributed by atoms with van der Waals surface area (Å²) in [4.78, 5) is 26.0. The largest absolute Gasteiger partial charge is 0.354 e.